The SMILES string of the molecule is COC1CCN(c2cnc(C(C)C)nc2CNC(C)C)C1. The average Bonchev–Trinajstić information content (AvgIpc) is 2.93. The summed E-state index contributed by atoms with van der Waals surface area (Å²) in [6, 6.07) is 0.445. The van der Waals surface area contributed by atoms with E-state index in [1.165, 1.54) is 0 Å². The summed E-state index contributed by atoms with van der Waals surface area (Å²) in [6.07, 6.45) is 3.37. The molecule has 1 aromatic heterocycles. The van der Waals surface area contributed by atoms with Crippen LogP contribution in [0.3, 0.4) is 0 Å². The molecule has 21 heavy (non-hydrogen) atoms. The van der Waals surface area contributed by atoms with Gasteiger partial charge in [-0.25, -0.2) is 9.97 Å². The maximum absolute atomic E-state index is 5.46. The van der Waals surface area contributed by atoms with Gasteiger partial charge in [0, 0.05) is 38.7 Å². The summed E-state index contributed by atoms with van der Waals surface area (Å²) in [5.74, 6) is 1.27. The van der Waals surface area contributed by atoms with Gasteiger partial charge in [0.2, 0.25) is 0 Å². The quantitative estimate of drug-likeness (QED) is 0.872. The van der Waals surface area contributed by atoms with Crippen molar-refractivity contribution in [3.05, 3.63) is 17.7 Å². The molecule has 2 heterocycles. The molecule has 1 N–H and O–H groups in total. The smallest absolute Gasteiger partial charge is 0.131 e. The molecule has 5 nitrogen and oxygen atoms in total. The first-order chi connectivity index (χ1) is 10.0. The minimum atomic E-state index is 0.320. The number of hydrogen-bond donors (Lipinski definition) is 1. The van der Waals surface area contributed by atoms with Gasteiger partial charge < -0.3 is 15.0 Å². The van der Waals surface area contributed by atoms with Crippen molar-refractivity contribution in [3.8, 4) is 0 Å². The lowest BCUT2D eigenvalue weighted by atomic mass is 10.2. The van der Waals surface area contributed by atoms with Crippen molar-refractivity contribution < 1.29 is 4.74 Å². The number of methoxy groups -OCH3 is 1. The van der Waals surface area contributed by atoms with Crippen LogP contribution in [-0.4, -0.2) is 42.3 Å². The topological polar surface area (TPSA) is 50.3 Å². The third kappa shape index (κ3) is 4.14. The first-order valence-electron chi connectivity index (χ1n) is 7.88. The average molecular weight is 292 g/mol. The Hall–Kier alpha value is -1.20. The Kier molecular flexibility index (Phi) is 5.53. The number of nitrogens with zero attached hydrogens (tertiary/aromatic N) is 3. The van der Waals surface area contributed by atoms with E-state index in [9.17, 15) is 0 Å². The van der Waals surface area contributed by atoms with Crippen molar-refractivity contribution >= 4 is 5.69 Å². The predicted molar refractivity (Wildman–Crippen MR) is 85.7 cm³/mol. The molecule has 0 spiro atoms. The molecule has 5 heteroatoms. The molecule has 0 radical (unpaired) electrons. The Labute approximate surface area is 128 Å². The maximum atomic E-state index is 5.46. The lowest BCUT2D eigenvalue weighted by Gasteiger charge is -2.22. The van der Waals surface area contributed by atoms with Crippen LogP contribution in [0, 0.1) is 0 Å². The minimum Gasteiger partial charge on any atom is -0.380 e. The highest BCUT2D eigenvalue weighted by Crippen LogP contribution is 2.25. The molecule has 1 fully saturated rings. The molecule has 1 aliphatic heterocycles. The highest BCUT2D eigenvalue weighted by molar-refractivity contribution is 5.50. The highest BCUT2D eigenvalue weighted by Gasteiger charge is 2.25. The number of nitrogens with one attached hydrogen (secondary N) is 1. The number of aromatic nitrogens is 2. The highest BCUT2D eigenvalue weighted by atomic mass is 16.5. The van der Waals surface area contributed by atoms with Gasteiger partial charge in [-0.3, -0.25) is 0 Å². The Balaban J connectivity index is 2.22. The van der Waals surface area contributed by atoms with E-state index in [1.807, 2.05) is 6.20 Å². The fraction of sp³-hybridized carbons (Fsp3) is 0.750. The summed E-state index contributed by atoms with van der Waals surface area (Å²) in [4.78, 5) is 11.7. The van der Waals surface area contributed by atoms with E-state index in [2.05, 4.69) is 42.9 Å². The first kappa shape index (κ1) is 16.2. The van der Waals surface area contributed by atoms with E-state index >= 15 is 0 Å². The summed E-state index contributed by atoms with van der Waals surface area (Å²) in [6.45, 7) is 11.3. The van der Waals surface area contributed by atoms with Crippen LogP contribution < -0.4 is 10.2 Å². The number of ether oxygens (including phenoxy) is 1. The van der Waals surface area contributed by atoms with Crippen LogP contribution in [0.4, 0.5) is 5.69 Å². The normalized spacial score (nSPS) is 19.0. The van der Waals surface area contributed by atoms with Crippen molar-refractivity contribution in [1.82, 2.24) is 15.3 Å². The number of anilines is 1. The molecule has 2 rings (SSSR count). The lowest BCUT2D eigenvalue weighted by Crippen LogP contribution is -2.28. The van der Waals surface area contributed by atoms with Crippen LogP contribution in [0.15, 0.2) is 6.20 Å². The largest absolute Gasteiger partial charge is 0.380 e. The molecule has 1 unspecified atom stereocenters. The zero-order valence-corrected chi connectivity index (χ0v) is 13.9. The molecule has 0 amide bonds. The molecule has 1 aromatic rings. The molecule has 0 aliphatic carbocycles. The molecule has 0 aromatic carbocycles. The number of hydrogen-bond acceptors (Lipinski definition) is 5. The molecule has 1 saturated heterocycles. The van der Waals surface area contributed by atoms with E-state index in [1.54, 1.807) is 7.11 Å². The zero-order chi connectivity index (χ0) is 15.4. The molecular formula is C16H28N4O. The summed E-state index contributed by atoms with van der Waals surface area (Å²) >= 11 is 0. The van der Waals surface area contributed by atoms with Crippen LogP contribution >= 0.6 is 0 Å². The Morgan fingerprint density at radius 3 is 2.71 bits per heavy atom. The Morgan fingerprint density at radius 1 is 1.38 bits per heavy atom. The molecule has 0 saturated carbocycles. The summed E-state index contributed by atoms with van der Waals surface area (Å²) in [5.41, 5.74) is 2.24. The van der Waals surface area contributed by atoms with Crippen LogP contribution in [-0.2, 0) is 11.3 Å². The van der Waals surface area contributed by atoms with Gasteiger partial charge >= 0.3 is 0 Å². The molecular weight excluding hydrogens is 264 g/mol. The molecule has 1 atom stereocenters. The van der Waals surface area contributed by atoms with Gasteiger partial charge in [-0.15, -0.1) is 0 Å². The zero-order valence-electron chi connectivity index (χ0n) is 13.9. The van der Waals surface area contributed by atoms with E-state index in [-0.39, 0.29) is 0 Å². The Morgan fingerprint density at radius 2 is 2.14 bits per heavy atom. The first-order valence-corrected chi connectivity index (χ1v) is 7.88. The second-order valence-electron chi connectivity index (χ2n) is 6.34. The molecule has 118 valence electrons. The third-order valence-corrected chi connectivity index (χ3v) is 3.88. The van der Waals surface area contributed by atoms with Crippen LogP contribution in [0.1, 0.15) is 51.6 Å². The predicted octanol–water partition coefficient (Wildman–Crippen LogP) is 2.32. The maximum Gasteiger partial charge on any atom is 0.131 e. The summed E-state index contributed by atoms with van der Waals surface area (Å²) in [5, 5.41) is 3.47. The third-order valence-electron chi connectivity index (χ3n) is 3.88. The second-order valence-corrected chi connectivity index (χ2v) is 6.34. The van der Waals surface area contributed by atoms with Gasteiger partial charge in [-0.05, 0) is 6.42 Å². The summed E-state index contributed by atoms with van der Waals surface area (Å²) < 4.78 is 5.46. The van der Waals surface area contributed by atoms with Gasteiger partial charge in [0.1, 0.15) is 5.82 Å². The van der Waals surface area contributed by atoms with Crippen molar-refractivity contribution in [1.29, 1.82) is 0 Å². The standard InChI is InChI=1S/C16H28N4O/c1-11(2)16-18-9-15(14(19-16)8-17-12(3)4)20-7-6-13(10-20)21-5/h9,11-13,17H,6-8,10H2,1-5H3. The van der Waals surface area contributed by atoms with Gasteiger partial charge in [0.15, 0.2) is 0 Å². The van der Waals surface area contributed by atoms with Crippen molar-refractivity contribution in [2.45, 2.75) is 58.7 Å². The lowest BCUT2D eigenvalue weighted by molar-refractivity contribution is 0.121. The van der Waals surface area contributed by atoms with Crippen LogP contribution in [0.25, 0.3) is 0 Å². The van der Waals surface area contributed by atoms with E-state index in [0.29, 0.717) is 18.1 Å². The van der Waals surface area contributed by atoms with Crippen molar-refractivity contribution in [2.75, 3.05) is 25.1 Å². The fourth-order valence-corrected chi connectivity index (χ4v) is 2.54. The second kappa shape index (κ2) is 7.18. The van der Waals surface area contributed by atoms with Gasteiger partial charge in [0.25, 0.3) is 0 Å². The van der Waals surface area contributed by atoms with E-state index in [4.69, 9.17) is 9.72 Å². The van der Waals surface area contributed by atoms with Crippen molar-refractivity contribution in [2.24, 2.45) is 0 Å². The monoisotopic (exact) mass is 292 g/mol. The van der Waals surface area contributed by atoms with Crippen LogP contribution in [0.2, 0.25) is 0 Å². The number of rotatable bonds is 6. The molecule has 0 bridgehead atoms. The van der Waals surface area contributed by atoms with Gasteiger partial charge in [-0.1, -0.05) is 27.7 Å². The fourth-order valence-electron chi connectivity index (χ4n) is 2.54. The Bertz CT molecular complexity index is 462. The van der Waals surface area contributed by atoms with E-state index in [0.717, 1.165) is 43.3 Å². The summed E-state index contributed by atoms with van der Waals surface area (Å²) in [7, 11) is 1.79. The molecule has 1 aliphatic rings. The minimum absolute atomic E-state index is 0.320. The van der Waals surface area contributed by atoms with Crippen LogP contribution in [0.5, 0.6) is 0 Å². The van der Waals surface area contributed by atoms with Crippen molar-refractivity contribution in [3.63, 3.8) is 0 Å². The van der Waals surface area contributed by atoms with Gasteiger partial charge in [-0.2, -0.15) is 0 Å². The van der Waals surface area contributed by atoms with E-state index < -0.39 is 0 Å². The van der Waals surface area contributed by atoms with Gasteiger partial charge in [0.05, 0.1) is 23.7 Å².